The molecule has 0 bridgehead atoms. The minimum Gasteiger partial charge on any atom is -0.286 e. The van der Waals surface area contributed by atoms with E-state index in [0.29, 0.717) is 0 Å². The SMILES string of the molecule is CCC#CC(C)C(=O)S. The Morgan fingerprint density at radius 1 is 1.78 bits per heavy atom. The fourth-order valence-corrected chi connectivity index (χ4v) is 0.381. The highest BCUT2D eigenvalue weighted by Crippen LogP contribution is 1.96. The molecular formula is C7H10OS. The first-order valence-electron chi connectivity index (χ1n) is 2.89. The van der Waals surface area contributed by atoms with Crippen molar-refractivity contribution in [2.75, 3.05) is 0 Å². The van der Waals surface area contributed by atoms with Gasteiger partial charge in [-0.15, -0.1) is 18.5 Å². The van der Waals surface area contributed by atoms with Gasteiger partial charge in [0.25, 0.3) is 0 Å². The summed E-state index contributed by atoms with van der Waals surface area (Å²) in [6.07, 6.45) is 0.797. The van der Waals surface area contributed by atoms with Crippen LogP contribution in [-0.4, -0.2) is 5.12 Å². The van der Waals surface area contributed by atoms with Crippen LogP contribution in [0.5, 0.6) is 0 Å². The summed E-state index contributed by atoms with van der Waals surface area (Å²) >= 11 is 3.62. The summed E-state index contributed by atoms with van der Waals surface area (Å²) < 4.78 is 0. The van der Waals surface area contributed by atoms with E-state index in [2.05, 4.69) is 24.5 Å². The van der Waals surface area contributed by atoms with E-state index in [1.165, 1.54) is 0 Å². The van der Waals surface area contributed by atoms with Crippen LogP contribution >= 0.6 is 12.6 Å². The second-order valence-corrected chi connectivity index (χ2v) is 2.18. The van der Waals surface area contributed by atoms with Crippen molar-refractivity contribution in [3.05, 3.63) is 0 Å². The molecule has 1 unspecified atom stereocenters. The Morgan fingerprint density at radius 3 is 2.67 bits per heavy atom. The highest BCUT2D eigenvalue weighted by Gasteiger charge is 2.01. The van der Waals surface area contributed by atoms with Gasteiger partial charge in [-0.2, -0.15) is 0 Å². The van der Waals surface area contributed by atoms with Crippen LogP contribution in [0.3, 0.4) is 0 Å². The van der Waals surface area contributed by atoms with Gasteiger partial charge in [-0.05, 0) is 6.92 Å². The summed E-state index contributed by atoms with van der Waals surface area (Å²) in [5.74, 6) is 5.35. The van der Waals surface area contributed by atoms with Crippen LogP contribution in [0.2, 0.25) is 0 Å². The van der Waals surface area contributed by atoms with Crippen molar-refractivity contribution in [1.82, 2.24) is 0 Å². The number of hydrogen-bond acceptors (Lipinski definition) is 1. The average Bonchev–Trinajstić information content (AvgIpc) is 1.82. The molecule has 9 heavy (non-hydrogen) atoms. The zero-order valence-electron chi connectivity index (χ0n) is 5.64. The van der Waals surface area contributed by atoms with Gasteiger partial charge in [0.05, 0.1) is 5.92 Å². The summed E-state index contributed by atoms with van der Waals surface area (Å²) in [6, 6.07) is 0. The maximum Gasteiger partial charge on any atom is 0.200 e. The maximum atomic E-state index is 10.4. The van der Waals surface area contributed by atoms with Crippen LogP contribution in [0.4, 0.5) is 0 Å². The van der Waals surface area contributed by atoms with E-state index >= 15 is 0 Å². The lowest BCUT2D eigenvalue weighted by Crippen LogP contribution is -1.99. The predicted octanol–water partition coefficient (Wildman–Crippen LogP) is 1.49. The molecule has 1 atom stereocenters. The minimum atomic E-state index is -0.215. The molecule has 0 amide bonds. The summed E-state index contributed by atoms with van der Waals surface area (Å²) in [5, 5.41) is -0.157. The van der Waals surface area contributed by atoms with Gasteiger partial charge < -0.3 is 0 Å². The standard InChI is InChI=1S/C7H10OS/c1-3-4-5-6(2)7(8)9/h6H,3H2,1-2H3,(H,8,9). The van der Waals surface area contributed by atoms with Crippen LogP contribution in [0.25, 0.3) is 0 Å². The lowest BCUT2D eigenvalue weighted by molar-refractivity contribution is -0.112. The molecule has 0 radical (unpaired) electrons. The zero-order valence-corrected chi connectivity index (χ0v) is 6.53. The molecule has 50 valence electrons. The molecular weight excluding hydrogens is 132 g/mol. The largest absolute Gasteiger partial charge is 0.286 e. The molecule has 0 rings (SSSR count). The summed E-state index contributed by atoms with van der Waals surface area (Å²) in [4.78, 5) is 10.4. The second-order valence-electron chi connectivity index (χ2n) is 1.73. The molecule has 0 aliphatic carbocycles. The summed E-state index contributed by atoms with van der Waals surface area (Å²) in [5.41, 5.74) is 0. The third-order valence-corrected chi connectivity index (χ3v) is 1.25. The van der Waals surface area contributed by atoms with Gasteiger partial charge in [-0.3, -0.25) is 4.79 Å². The van der Waals surface area contributed by atoms with Gasteiger partial charge in [-0.25, -0.2) is 0 Å². The normalized spacial score (nSPS) is 11.4. The van der Waals surface area contributed by atoms with Crippen molar-refractivity contribution in [2.45, 2.75) is 20.3 Å². The Kier molecular flexibility index (Phi) is 4.25. The number of thiol groups is 1. The Morgan fingerprint density at radius 2 is 2.33 bits per heavy atom. The molecule has 0 fully saturated rings. The lowest BCUT2D eigenvalue weighted by Gasteiger charge is -1.91. The lowest BCUT2D eigenvalue weighted by atomic mass is 10.2. The molecule has 0 aliphatic rings. The molecule has 0 aromatic carbocycles. The van der Waals surface area contributed by atoms with Gasteiger partial charge in [0.15, 0.2) is 0 Å². The first-order chi connectivity index (χ1) is 4.18. The highest BCUT2D eigenvalue weighted by molar-refractivity contribution is 7.96. The third kappa shape index (κ3) is 4.11. The number of carbonyl (C=O) groups is 1. The van der Waals surface area contributed by atoms with E-state index in [9.17, 15) is 4.79 Å². The Bertz CT molecular complexity index is 152. The highest BCUT2D eigenvalue weighted by atomic mass is 32.1. The van der Waals surface area contributed by atoms with Crippen molar-refractivity contribution >= 4 is 17.7 Å². The van der Waals surface area contributed by atoms with Gasteiger partial charge in [0.1, 0.15) is 0 Å². The fraction of sp³-hybridized carbons (Fsp3) is 0.571. The van der Waals surface area contributed by atoms with Crippen molar-refractivity contribution in [2.24, 2.45) is 5.92 Å². The monoisotopic (exact) mass is 142 g/mol. The van der Waals surface area contributed by atoms with Crippen molar-refractivity contribution < 1.29 is 4.79 Å². The Labute approximate surface area is 61.2 Å². The number of hydrogen-bond donors (Lipinski definition) is 1. The zero-order chi connectivity index (χ0) is 7.28. The molecule has 0 aromatic rings. The van der Waals surface area contributed by atoms with E-state index in [-0.39, 0.29) is 11.0 Å². The summed E-state index contributed by atoms with van der Waals surface area (Å²) in [6.45, 7) is 3.70. The van der Waals surface area contributed by atoms with E-state index in [1.54, 1.807) is 6.92 Å². The van der Waals surface area contributed by atoms with E-state index in [1.807, 2.05) is 6.92 Å². The minimum absolute atomic E-state index is 0.157. The number of carbonyl (C=O) groups excluding carboxylic acids is 1. The predicted molar refractivity (Wildman–Crippen MR) is 41.2 cm³/mol. The second kappa shape index (κ2) is 4.46. The van der Waals surface area contributed by atoms with E-state index in [4.69, 9.17) is 0 Å². The molecule has 0 aliphatic heterocycles. The first kappa shape index (κ1) is 8.58. The van der Waals surface area contributed by atoms with Gasteiger partial charge in [0, 0.05) is 6.42 Å². The third-order valence-electron chi connectivity index (χ3n) is 0.866. The van der Waals surface area contributed by atoms with Crippen molar-refractivity contribution in [1.29, 1.82) is 0 Å². The van der Waals surface area contributed by atoms with Crippen molar-refractivity contribution in [3.63, 3.8) is 0 Å². The van der Waals surface area contributed by atoms with E-state index in [0.717, 1.165) is 6.42 Å². The molecule has 0 heterocycles. The summed E-state index contributed by atoms with van der Waals surface area (Å²) in [7, 11) is 0. The average molecular weight is 142 g/mol. The Balaban J connectivity index is 3.75. The number of rotatable bonds is 1. The van der Waals surface area contributed by atoms with Crippen molar-refractivity contribution in [3.8, 4) is 11.8 Å². The fourth-order valence-electron chi connectivity index (χ4n) is 0.317. The van der Waals surface area contributed by atoms with Gasteiger partial charge in [-0.1, -0.05) is 12.8 Å². The van der Waals surface area contributed by atoms with Crippen LogP contribution in [-0.2, 0) is 4.79 Å². The molecule has 2 heteroatoms. The molecule has 0 spiro atoms. The van der Waals surface area contributed by atoms with Gasteiger partial charge in [0.2, 0.25) is 5.12 Å². The van der Waals surface area contributed by atoms with Crippen LogP contribution in [0.1, 0.15) is 20.3 Å². The van der Waals surface area contributed by atoms with E-state index < -0.39 is 0 Å². The smallest absolute Gasteiger partial charge is 0.200 e. The van der Waals surface area contributed by atoms with Crippen LogP contribution < -0.4 is 0 Å². The topological polar surface area (TPSA) is 17.1 Å². The molecule has 0 N–H and O–H groups in total. The van der Waals surface area contributed by atoms with Gasteiger partial charge >= 0.3 is 0 Å². The first-order valence-corrected chi connectivity index (χ1v) is 3.34. The molecule has 0 saturated heterocycles. The maximum absolute atomic E-state index is 10.4. The van der Waals surface area contributed by atoms with Crippen LogP contribution in [0, 0.1) is 17.8 Å². The molecule has 0 saturated carbocycles. The molecule has 0 aromatic heterocycles. The molecule has 1 nitrogen and oxygen atoms in total. The quantitative estimate of drug-likeness (QED) is 0.433. The Hall–Kier alpha value is -0.420. The van der Waals surface area contributed by atoms with Crippen LogP contribution in [0.15, 0.2) is 0 Å².